The lowest BCUT2D eigenvalue weighted by Crippen LogP contribution is -2.35. The van der Waals surface area contributed by atoms with E-state index in [1.54, 1.807) is 6.07 Å². The topological polar surface area (TPSA) is 57.7 Å². The summed E-state index contributed by atoms with van der Waals surface area (Å²) >= 11 is 0. The predicted octanol–water partition coefficient (Wildman–Crippen LogP) is 2.68. The fraction of sp³-hybridized carbons (Fsp3) is 0.471. The van der Waals surface area contributed by atoms with Gasteiger partial charge in [-0.05, 0) is 50.8 Å². The van der Waals surface area contributed by atoms with Crippen molar-refractivity contribution in [3.63, 3.8) is 0 Å². The van der Waals surface area contributed by atoms with E-state index in [1.807, 2.05) is 19.1 Å². The lowest BCUT2D eigenvalue weighted by atomic mass is 9.97. The molecule has 5 heteroatoms. The van der Waals surface area contributed by atoms with Crippen molar-refractivity contribution in [2.75, 3.05) is 18.0 Å². The van der Waals surface area contributed by atoms with E-state index in [1.165, 1.54) is 5.69 Å². The van der Waals surface area contributed by atoms with Crippen molar-refractivity contribution >= 4 is 5.82 Å². The number of aryl methyl sites for hydroxylation is 2. The minimum Gasteiger partial charge on any atom is -0.357 e. The van der Waals surface area contributed by atoms with Gasteiger partial charge in [0.05, 0.1) is 5.69 Å². The quantitative estimate of drug-likeness (QED) is 0.873. The molecule has 114 valence electrons. The Morgan fingerprint density at radius 2 is 2.05 bits per heavy atom. The zero-order valence-electron chi connectivity index (χ0n) is 13.2. The average Bonchev–Trinajstić information content (AvgIpc) is 2.86. The summed E-state index contributed by atoms with van der Waals surface area (Å²) in [6.45, 7) is 7.14. The molecule has 1 aliphatic heterocycles. The van der Waals surface area contributed by atoms with Gasteiger partial charge in [-0.2, -0.15) is 10.4 Å². The molecular weight excluding hydrogens is 274 g/mol. The molecule has 0 aromatic carbocycles. The molecule has 2 aromatic heterocycles. The Labute approximate surface area is 131 Å². The Hall–Kier alpha value is -2.35. The molecule has 0 aliphatic carbocycles. The molecule has 1 aliphatic rings. The third kappa shape index (κ3) is 3.11. The van der Waals surface area contributed by atoms with Crippen molar-refractivity contribution in [1.82, 2.24) is 14.8 Å². The van der Waals surface area contributed by atoms with E-state index in [0.29, 0.717) is 11.6 Å². The Balaban J connectivity index is 1.60. The van der Waals surface area contributed by atoms with E-state index in [2.05, 4.69) is 38.7 Å². The van der Waals surface area contributed by atoms with Gasteiger partial charge < -0.3 is 4.90 Å². The second-order valence-electron chi connectivity index (χ2n) is 6.03. The maximum atomic E-state index is 8.95. The number of anilines is 1. The number of pyridine rings is 1. The molecule has 0 amide bonds. The van der Waals surface area contributed by atoms with Crippen LogP contribution in [0.4, 0.5) is 5.82 Å². The van der Waals surface area contributed by atoms with E-state index in [0.717, 1.165) is 44.0 Å². The van der Waals surface area contributed by atoms with Crippen molar-refractivity contribution < 1.29 is 0 Å². The molecule has 3 rings (SSSR count). The summed E-state index contributed by atoms with van der Waals surface area (Å²) < 4.78 is 2.13. The van der Waals surface area contributed by atoms with Gasteiger partial charge in [0.25, 0.3) is 0 Å². The van der Waals surface area contributed by atoms with Crippen LogP contribution in [0.5, 0.6) is 0 Å². The molecule has 0 unspecified atom stereocenters. The zero-order chi connectivity index (χ0) is 15.5. The SMILES string of the molecule is Cc1cc(C)n(CC2CCN(c3cccc(C#N)n3)CC2)n1. The summed E-state index contributed by atoms with van der Waals surface area (Å²) in [5.41, 5.74) is 2.82. The van der Waals surface area contributed by atoms with Gasteiger partial charge in [0.1, 0.15) is 17.6 Å². The Morgan fingerprint density at radius 1 is 1.27 bits per heavy atom. The highest BCUT2D eigenvalue weighted by atomic mass is 15.3. The maximum absolute atomic E-state index is 8.95. The van der Waals surface area contributed by atoms with Crippen LogP contribution in [0.2, 0.25) is 0 Å². The van der Waals surface area contributed by atoms with Crippen molar-refractivity contribution in [3.05, 3.63) is 41.3 Å². The summed E-state index contributed by atoms with van der Waals surface area (Å²) in [5, 5.41) is 13.5. The summed E-state index contributed by atoms with van der Waals surface area (Å²) in [5.74, 6) is 1.58. The first-order chi connectivity index (χ1) is 10.7. The molecule has 0 atom stereocenters. The van der Waals surface area contributed by atoms with Crippen LogP contribution in [-0.2, 0) is 6.54 Å². The van der Waals surface area contributed by atoms with Crippen LogP contribution in [0.1, 0.15) is 29.9 Å². The third-order valence-corrected chi connectivity index (χ3v) is 4.32. The molecular formula is C17H21N5. The Bertz CT molecular complexity index is 689. The van der Waals surface area contributed by atoms with E-state index < -0.39 is 0 Å². The van der Waals surface area contributed by atoms with Crippen molar-refractivity contribution in [2.45, 2.75) is 33.2 Å². The van der Waals surface area contributed by atoms with Gasteiger partial charge in [0.15, 0.2) is 0 Å². The molecule has 0 spiro atoms. The minimum absolute atomic E-state index is 0.488. The van der Waals surface area contributed by atoms with E-state index >= 15 is 0 Å². The molecule has 1 saturated heterocycles. The smallest absolute Gasteiger partial charge is 0.142 e. The van der Waals surface area contributed by atoms with Crippen LogP contribution < -0.4 is 4.90 Å². The largest absolute Gasteiger partial charge is 0.357 e. The van der Waals surface area contributed by atoms with E-state index in [9.17, 15) is 0 Å². The fourth-order valence-corrected chi connectivity index (χ4v) is 3.11. The number of aromatic nitrogens is 3. The molecule has 1 fully saturated rings. The first-order valence-corrected chi connectivity index (χ1v) is 7.79. The van der Waals surface area contributed by atoms with Crippen LogP contribution in [0.15, 0.2) is 24.3 Å². The van der Waals surface area contributed by atoms with Crippen LogP contribution in [0.25, 0.3) is 0 Å². The molecule has 3 heterocycles. The highest BCUT2D eigenvalue weighted by Gasteiger charge is 2.21. The van der Waals surface area contributed by atoms with Crippen molar-refractivity contribution in [2.24, 2.45) is 5.92 Å². The van der Waals surface area contributed by atoms with E-state index in [4.69, 9.17) is 5.26 Å². The number of rotatable bonds is 3. The fourth-order valence-electron chi connectivity index (χ4n) is 3.11. The molecule has 2 aromatic rings. The van der Waals surface area contributed by atoms with Crippen LogP contribution in [0.3, 0.4) is 0 Å². The van der Waals surface area contributed by atoms with Crippen LogP contribution >= 0.6 is 0 Å². The van der Waals surface area contributed by atoms with Crippen LogP contribution in [0, 0.1) is 31.1 Å². The summed E-state index contributed by atoms with van der Waals surface area (Å²) in [6, 6.07) is 9.88. The van der Waals surface area contributed by atoms with Crippen LogP contribution in [-0.4, -0.2) is 27.9 Å². The predicted molar refractivity (Wildman–Crippen MR) is 85.6 cm³/mol. The molecule has 5 nitrogen and oxygen atoms in total. The molecule has 22 heavy (non-hydrogen) atoms. The first kappa shape index (κ1) is 14.6. The zero-order valence-corrected chi connectivity index (χ0v) is 13.2. The Morgan fingerprint density at radius 3 is 2.68 bits per heavy atom. The molecule has 0 N–H and O–H groups in total. The summed E-state index contributed by atoms with van der Waals surface area (Å²) in [4.78, 5) is 6.66. The molecule has 0 radical (unpaired) electrons. The highest BCUT2D eigenvalue weighted by Crippen LogP contribution is 2.23. The van der Waals surface area contributed by atoms with Gasteiger partial charge in [0, 0.05) is 25.3 Å². The van der Waals surface area contributed by atoms with Crippen molar-refractivity contribution in [1.29, 1.82) is 5.26 Å². The highest BCUT2D eigenvalue weighted by molar-refractivity contribution is 5.41. The average molecular weight is 295 g/mol. The Kier molecular flexibility index (Phi) is 4.10. The van der Waals surface area contributed by atoms with Gasteiger partial charge in [-0.1, -0.05) is 6.07 Å². The first-order valence-electron chi connectivity index (χ1n) is 7.79. The number of nitrogens with zero attached hydrogens (tertiary/aromatic N) is 5. The third-order valence-electron chi connectivity index (χ3n) is 4.32. The summed E-state index contributed by atoms with van der Waals surface area (Å²) in [7, 11) is 0. The van der Waals surface area contributed by atoms with E-state index in [-0.39, 0.29) is 0 Å². The van der Waals surface area contributed by atoms with Gasteiger partial charge in [-0.25, -0.2) is 4.98 Å². The van der Waals surface area contributed by atoms with Crippen molar-refractivity contribution in [3.8, 4) is 6.07 Å². The second-order valence-corrected chi connectivity index (χ2v) is 6.03. The van der Waals surface area contributed by atoms with Gasteiger partial charge in [-0.15, -0.1) is 0 Å². The molecule has 0 saturated carbocycles. The van der Waals surface area contributed by atoms with Gasteiger partial charge >= 0.3 is 0 Å². The normalized spacial score (nSPS) is 15.8. The van der Waals surface area contributed by atoms with Gasteiger partial charge in [-0.3, -0.25) is 4.68 Å². The number of hydrogen-bond donors (Lipinski definition) is 0. The minimum atomic E-state index is 0.488. The number of piperidine rings is 1. The monoisotopic (exact) mass is 295 g/mol. The standard InChI is InChI=1S/C17H21N5/c1-13-10-14(2)22(20-13)12-15-6-8-21(9-7-15)17-5-3-4-16(11-18)19-17/h3-5,10,15H,6-9,12H2,1-2H3. The lowest BCUT2D eigenvalue weighted by Gasteiger charge is -2.33. The maximum Gasteiger partial charge on any atom is 0.142 e. The molecule has 0 bridgehead atoms. The number of hydrogen-bond acceptors (Lipinski definition) is 4. The number of nitriles is 1. The van der Waals surface area contributed by atoms with Gasteiger partial charge in [0.2, 0.25) is 0 Å². The summed E-state index contributed by atoms with van der Waals surface area (Å²) in [6.07, 6.45) is 2.27. The lowest BCUT2D eigenvalue weighted by molar-refractivity contribution is 0.338. The second kappa shape index (κ2) is 6.18.